The molecule has 2 rings (SSSR count). The first-order chi connectivity index (χ1) is 9.01. The number of carboxylic acid groups (broad SMARTS) is 1. The number of hydrogen-bond donors (Lipinski definition) is 3. The van der Waals surface area contributed by atoms with Gasteiger partial charge in [0.25, 0.3) is 0 Å². The summed E-state index contributed by atoms with van der Waals surface area (Å²) < 4.78 is 5.30. The van der Waals surface area contributed by atoms with Gasteiger partial charge in [-0.25, -0.2) is 4.79 Å². The van der Waals surface area contributed by atoms with Crippen LogP contribution in [0, 0.1) is 5.92 Å². The summed E-state index contributed by atoms with van der Waals surface area (Å²) in [6, 6.07) is -0.218. The summed E-state index contributed by atoms with van der Waals surface area (Å²) in [5, 5.41) is 14.6. The highest BCUT2D eigenvalue weighted by atomic mass is 16.5. The first-order valence-corrected chi connectivity index (χ1v) is 6.89. The van der Waals surface area contributed by atoms with E-state index in [9.17, 15) is 9.59 Å². The first kappa shape index (κ1) is 14.1. The lowest BCUT2D eigenvalue weighted by molar-refractivity contribution is -0.139. The fraction of sp³-hybridized carbons (Fsp3) is 0.846. The minimum atomic E-state index is -0.864. The predicted molar refractivity (Wildman–Crippen MR) is 68.9 cm³/mol. The summed E-state index contributed by atoms with van der Waals surface area (Å²) in [6.45, 7) is 3.40. The summed E-state index contributed by atoms with van der Waals surface area (Å²) >= 11 is 0. The number of carboxylic acids is 1. The van der Waals surface area contributed by atoms with Gasteiger partial charge < -0.3 is 20.5 Å². The van der Waals surface area contributed by atoms with Gasteiger partial charge in [0.1, 0.15) is 0 Å². The standard InChI is InChI=1S/C13H22N2O4/c1-9(10-3-6-19-8-10)14-12(18)15-13(4-2-5-13)7-11(16)17/h9-10H,2-8H2,1H3,(H,16,17)(H2,14,15,18). The molecule has 2 fully saturated rings. The van der Waals surface area contributed by atoms with E-state index in [4.69, 9.17) is 9.84 Å². The van der Waals surface area contributed by atoms with Crippen molar-refractivity contribution in [2.75, 3.05) is 13.2 Å². The third-order valence-corrected chi connectivity index (χ3v) is 4.21. The van der Waals surface area contributed by atoms with Gasteiger partial charge in [0.05, 0.1) is 18.6 Å². The van der Waals surface area contributed by atoms with Gasteiger partial charge in [-0.1, -0.05) is 0 Å². The van der Waals surface area contributed by atoms with Crippen LogP contribution in [0.1, 0.15) is 39.0 Å². The van der Waals surface area contributed by atoms with Crippen LogP contribution in [0.4, 0.5) is 4.79 Å². The highest BCUT2D eigenvalue weighted by Gasteiger charge is 2.40. The zero-order valence-electron chi connectivity index (χ0n) is 11.3. The van der Waals surface area contributed by atoms with E-state index in [1.807, 2.05) is 6.92 Å². The molecule has 0 aromatic carbocycles. The first-order valence-electron chi connectivity index (χ1n) is 6.89. The fourth-order valence-electron chi connectivity index (χ4n) is 2.79. The molecule has 0 aromatic rings. The second-order valence-corrected chi connectivity index (χ2v) is 5.72. The molecule has 2 amide bonds. The highest BCUT2D eigenvalue weighted by molar-refractivity contribution is 5.77. The zero-order chi connectivity index (χ0) is 13.9. The number of hydrogen-bond acceptors (Lipinski definition) is 3. The van der Waals surface area contributed by atoms with Crippen molar-refractivity contribution < 1.29 is 19.4 Å². The van der Waals surface area contributed by atoms with Crippen LogP contribution in [0.3, 0.4) is 0 Å². The van der Waals surface area contributed by atoms with Gasteiger partial charge >= 0.3 is 12.0 Å². The Labute approximate surface area is 112 Å². The topological polar surface area (TPSA) is 87.7 Å². The molecule has 6 nitrogen and oxygen atoms in total. The van der Waals surface area contributed by atoms with Gasteiger partial charge in [0, 0.05) is 18.6 Å². The molecule has 19 heavy (non-hydrogen) atoms. The third kappa shape index (κ3) is 3.59. The summed E-state index contributed by atoms with van der Waals surface area (Å²) in [7, 11) is 0. The summed E-state index contributed by atoms with van der Waals surface area (Å²) in [5.41, 5.74) is -0.540. The average Bonchev–Trinajstić information content (AvgIpc) is 2.78. The molecule has 1 aliphatic carbocycles. The fourth-order valence-corrected chi connectivity index (χ4v) is 2.79. The van der Waals surface area contributed by atoms with Crippen LogP contribution in [-0.2, 0) is 9.53 Å². The molecule has 0 radical (unpaired) electrons. The molecule has 1 heterocycles. The minimum Gasteiger partial charge on any atom is -0.481 e. The largest absolute Gasteiger partial charge is 0.481 e. The molecule has 1 saturated heterocycles. The zero-order valence-corrected chi connectivity index (χ0v) is 11.3. The maximum atomic E-state index is 11.9. The van der Waals surface area contributed by atoms with E-state index in [-0.39, 0.29) is 18.5 Å². The summed E-state index contributed by atoms with van der Waals surface area (Å²) in [4.78, 5) is 22.8. The lowest BCUT2D eigenvalue weighted by Gasteiger charge is -2.41. The monoisotopic (exact) mass is 270 g/mol. The van der Waals surface area contributed by atoms with Crippen molar-refractivity contribution in [3.63, 3.8) is 0 Å². The van der Waals surface area contributed by atoms with Crippen LogP contribution in [-0.4, -0.2) is 41.9 Å². The van der Waals surface area contributed by atoms with Crippen molar-refractivity contribution in [1.29, 1.82) is 0 Å². The Hall–Kier alpha value is -1.30. The van der Waals surface area contributed by atoms with Crippen molar-refractivity contribution in [3.8, 4) is 0 Å². The van der Waals surface area contributed by atoms with Gasteiger partial charge in [-0.05, 0) is 32.6 Å². The molecule has 0 spiro atoms. The number of amides is 2. The average molecular weight is 270 g/mol. The highest BCUT2D eigenvalue weighted by Crippen LogP contribution is 2.34. The smallest absolute Gasteiger partial charge is 0.315 e. The van der Waals surface area contributed by atoms with Gasteiger partial charge in [-0.2, -0.15) is 0 Å². The SMILES string of the molecule is CC(NC(=O)NC1(CC(=O)O)CCC1)C1CCOC1. The molecule has 108 valence electrons. The third-order valence-electron chi connectivity index (χ3n) is 4.21. The quantitative estimate of drug-likeness (QED) is 0.698. The maximum absolute atomic E-state index is 11.9. The van der Waals surface area contributed by atoms with Crippen LogP contribution in [0.15, 0.2) is 0 Å². The number of aliphatic carboxylic acids is 1. The molecule has 0 bridgehead atoms. The molecule has 3 N–H and O–H groups in total. The van der Waals surface area contributed by atoms with E-state index < -0.39 is 11.5 Å². The number of carbonyl (C=O) groups excluding carboxylic acids is 1. The molecule has 2 aliphatic rings. The normalized spacial score (nSPS) is 26.3. The van der Waals surface area contributed by atoms with Crippen LogP contribution >= 0.6 is 0 Å². The maximum Gasteiger partial charge on any atom is 0.315 e. The number of urea groups is 1. The van der Waals surface area contributed by atoms with E-state index >= 15 is 0 Å². The lowest BCUT2D eigenvalue weighted by atomic mass is 9.74. The van der Waals surface area contributed by atoms with Gasteiger partial charge in [-0.15, -0.1) is 0 Å². The number of rotatable bonds is 5. The van der Waals surface area contributed by atoms with Gasteiger partial charge in [0.15, 0.2) is 0 Å². The molecule has 1 aliphatic heterocycles. The van der Waals surface area contributed by atoms with Crippen LogP contribution in [0.25, 0.3) is 0 Å². The Kier molecular flexibility index (Phi) is 4.29. The molecule has 0 aromatic heterocycles. The second kappa shape index (κ2) is 5.77. The Morgan fingerprint density at radius 3 is 2.68 bits per heavy atom. The van der Waals surface area contributed by atoms with Crippen LogP contribution in [0.5, 0.6) is 0 Å². The van der Waals surface area contributed by atoms with E-state index in [1.54, 1.807) is 0 Å². The van der Waals surface area contributed by atoms with E-state index in [1.165, 1.54) is 0 Å². The Bertz CT molecular complexity index is 349. The van der Waals surface area contributed by atoms with Gasteiger partial charge in [0.2, 0.25) is 0 Å². The van der Waals surface area contributed by atoms with Crippen LogP contribution < -0.4 is 10.6 Å². The van der Waals surface area contributed by atoms with E-state index in [0.29, 0.717) is 12.5 Å². The molecule has 2 unspecified atom stereocenters. The van der Waals surface area contributed by atoms with Gasteiger partial charge in [-0.3, -0.25) is 4.79 Å². The summed E-state index contributed by atoms with van der Waals surface area (Å²) in [6.07, 6.45) is 3.42. The molecular weight excluding hydrogens is 248 g/mol. The number of ether oxygens (including phenoxy) is 1. The molecule has 6 heteroatoms. The van der Waals surface area contributed by atoms with E-state index in [0.717, 1.165) is 32.3 Å². The Morgan fingerprint density at radius 2 is 2.21 bits per heavy atom. The van der Waals surface area contributed by atoms with E-state index in [2.05, 4.69) is 10.6 Å². The van der Waals surface area contributed by atoms with Crippen molar-refractivity contribution in [2.45, 2.75) is 50.6 Å². The van der Waals surface area contributed by atoms with Crippen LogP contribution in [0.2, 0.25) is 0 Å². The lowest BCUT2D eigenvalue weighted by Crippen LogP contribution is -2.58. The molecule has 2 atom stereocenters. The van der Waals surface area contributed by atoms with Crippen molar-refractivity contribution in [1.82, 2.24) is 10.6 Å². The van der Waals surface area contributed by atoms with Crippen molar-refractivity contribution in [2.24, 2.45) is 5.92 Å². The predicted octanol–water partition coefficient (Wildman–Crippen LogP) is 1.11. The number of carbonyl (C=O) groups is 2. The van der Waals surface area contributed by atoms with Crippen molar-refractivity contribution >= 4 is 12.0 Å². The molecular formula is C13H22N2O4. The Balaban J connectivity index is 1.80. The second-order valence-electron chi connectivity index (χ2n) is 5.72. The Morgan fingerprint density at radius 1 is 1.47 bits per heavy atom. The number of nitrogens with one attached hydrogen (secondary N) is 2. The molecule has 1 saturated carbocycles. The van der Waals surface area contributed by atoms with Crippen molar-refractivity contribution in [3.05, 3.63) is 0 Å². The minimum absolute atomic E-state index is 0.00133. The summed E-state index contributed by atoms with van der Waals surface area (Å²) in [5.74, 6) is -0.514.